The van der Waals surface area contributed by atoms with Crippen LogP contribution in [0.2, 0.25) is 0 Å². The molecule has 0 radical (unpaired) electrons. The molecule has 2 unspecified atom stereocenters. The SMILES string of the molecule is C=CCC1CCN(C(C)c2ccc(B3OC(C)(C)C(C)(C)O3)cc2)C(=O)C1. The predicted molar refractivity (Wildman–Crippen MR) is 110 cm³/mol. The van der Waals surface area contributed by atoms with Gasteiger partial charge in [-0.1, -0.05) is 30.3 Å². The van der Waals surface area contributed by atoms with Crippen molar-refractivity contribution in [3.8, 4) is 0 Å². The number of allylic oxidation sites excluding steroid dienone is 1. The van der Waals surface area contributed by atoms with Crippen molar-refractivity contribution in [2.45, 2.75) is 71.1 Å². The Bertz CT molecular complexity index is 682. The first-order valence-electron chi connectivity index (χ1n) is 10.0. The minimum Gasteiger partial charge on any atom is -0.399 e. The number of nitrogens with zero attached hydrogens (tertiary/aromatic N) is 1. The summed E-state index contributed by atoms with van der Waals surface area (Å²) in [6, 6.07) is 8.38. The molecule has 3 rings (SSSR count). The molecule has 2 aliphatic rings. The Labute approximate surface area is 164 Å². The third-order valence-electron chi connectivity index (χ3n) is 6.47. The van der Waals surface area contributed by atoms with E-state index in [1.54, 1.807) is 0 Å². The first kappa shape index (κ1) is 20.2. The van der Waals surface area contributed by atoms with Gasteiger partial charge in [-0.3, -0.25) is 4.79 Å². The van der Waals surface area contributed by atoms with Gasteiger partial charge in [-0.2, -0.15) is 0 Å². The van der Waals surface area contributed by atoms with Gasteiger partial charge in [-0.25, -0.2) is 0 Å². The van der Waals surface area contributed by atoms with E-state index in [9.17, 15) is 4.79 Å². The van der Waals surface area contributed by atoms with Gasteiger partial charge in [0, 0.05) is 13.0 Å². The quantitative estimate of drug-likeness (QED) is 0.584. The Kier molecular flexibility index (Phi) is 5.55. The minimum absolute atomic E-state index is 0.0783. The highest BCUT2D eigenvalue weighted by Gasteiger charge is 2.51. The van der Waals surface area contributed by atoms with Crippen LogP contribution in [0.5, 0.6) is 0 Å². The largest absolute Gasteiger partial charge is 0.494 e. The van der Waals surface area contributed by atoms with Crippen molar-refractivity contribution in [3.05, 3.63) is 42.5 Å². The third-order valence-corrected chi connectivity index (χ3v) is 6.47. The van der Waals surface area contributed by atoms with E-state index in [0.29, 0.717) is 12.3 Å². The molecule has 2 heterocycles. The number of amides is 1. The van der Waals surface area contributed by atoms with Gasteiger partial charge in [0.05, 0.1) is 17.2 Å². The second kappa shape index (κ2) is 7.44. The molecule has 2 saturated heterocycles. The molecule has 2 aliphatic heterocycles. The lowest BCUT2D eigenvalue weighted by atomic mass is 9.78. The molecule has 2 atom stereocenters. The maximum atomic E-state index is 12.6. The van der Waals surface area contributed by atoms with Crippen LogP contribution in [0.1, 0.15) is 65.5 Å². The summed E-state index contributed by atoms with van der Waals surface area (Å²) in [5.74, 6) is 0.694. The van der Waals surface area contributed by atoms with Gasteiger partial charge in [0.25, 0.3) is 0 Å². The molecule has 1 aromatic carbocycles. The molecule has 0 saturated carbocycles. The zero-order valence-electron chi connectivity index (χ0n) is 17.3. The highest BCUT2D eigenvalue weighted by atomic mass is 16.7. The maximum absolute atomic E-state index is 12.6. The first-order valence-corrected chi connectivity index (χ1v) is 10.0. The van der Waals surface area contributed by atoms with Crippen LogP contribution in [0.15, 0.2) is 36.9 Å². The van der Waals surface area contributed by atoms with E-state index in [2.05, 4.69) is 65.5 Å². The number of carbonyl (C=O) groups excluding carboxylic acids is 1. The lowest BCUT2D eigenvalue weighted by Crippen LogP contribution is -2.41. The van der Waals surface area contributed by atoms with Gasteiger partial charge in [0.2, 0.25) is 5.91 Å². The van der Waals surface area contributed by atoms with Crippen LogP contribution in [0.25, 0.3) is 0 Å². The predicted octanol–water partition coefficient (Wildman–Crippen LogP) is 3.86. The molecule has 27 heavy (non-hydrogen) atoms. The summed E-state index contributed by atoms with van der Waals surface area (Å²) < 4.78 is 12.2. The maximum Gasteiger partial charge on any atom is 0.494 e. The molecule has 0 aliphatic carbocycles. The lowest BCUT2D eigenvalue weighted by molar-refractivity contribution is -0.137. The van der Waals surface area contributed by atoms with Gasteiger partial charge in [-0.05, 0) is 64.4 Å². The van der Waals surface area contributed by atoms with Crippen LogP contribution in [0.3, 0.4) is 0 Å². The Morgan fingerprint density at radius 2 is 1.81 bits per heavy atom. The highest BCUT2D eigenvalue weighted by Crippen LogP contribution is 2.36. The van der Waals surface area contributed by atoms with Crippen molar-refractivity contribution in [3.63, 3.8) is 0 Å². The van der Waals surface area contributed by atoms with Crippen LogP contribution >= 0.6 is 0 Å². The molecule has 0 spiro atoms. The second-order valence-corrected chi connectivity index (χ2v) is 8.90. The lowest BCUT2D eigenvalue weighted by Gasteiger charge is -2.36. The normalized spacial score (nSPS) is 25.5. The van der Waals surface area contributed by atoms with Crippen molar-refractivity contribution >= 4 is 18.5 Å². The molecule has 146 valence electrons. The molecule has 5 heteroatoms. The van der Waals surface area contributed by atoms with E-state index in [-0.39, 0.29) is 30.3 Å². The summed E-state index contributed by atoms with van der Waals surface area (Å²) in [5, 5.41) is 0. The fourth-order valence-electron chi connectivity index (χ4n) is 3.85. The Morgan fingerprint density at radius 3 is 2.33 bits per heavy atom. The smallest absolute Gasteiger partial charge is 0.399 e. The van der Waals surface area contributed by atoms with Crippen molar-refractivity contribution < 1.29 is 14.1 Å². The average Bonchev–Trinajstić information content (AvgIpc) is 2.83. The third kappa shape index (κ3) is 3.99. The van der Waals surface area contributed by atoms with E-state index in [0.717, 1.165) is 30.4 Å². The minimum atomic E-state index is -0.351. The molecular weight excluding hydrogens is 337 g/mol. The molecule has 0 N–H and O–H groups in total. The Hall–Kier alpha value is -1.59. The number of likely N-dealkylation sites (tertiary alicyclic amines) is 1. The zero-order valence-corrected chi connectivity index (χ0v) is 17.3. The average molecular weight is 369 g/mol. The van der Waals surface area contributed by atoms with Gasteiger partial charge in [0.1, 0.15) is 0 Å². The van der Waals surface area contributed by atoms with Crippen molar-refractivity contribution in [1.82, 2.24) is 4.90 Å². The van der Waals surface area contributed by atoms with Gasteiger partial charge >= 0.3 is 7.12 Å². The van der Waals surface area contributed by atoms with Crippen LogP contribution in [-0.2, 0) is 14.1 Å². The van der Waals surface area contributed by atoms with Crippen molar-refractivity contribution in [2.24, 2.45) is 5.92 Å². The topological polar surface area (TPSA) is 38.8 Å². The standard InChI is InChI=1S/C22H32BNO3/c1-7-8-17-13-14-24(20(25)15-17)16(2)18-9-11-19(12-10-18)23-26-21(3,4)22(5,6)27-23/h7,9-12,16-17H,1,8,13-15H2,2-6H3. The first-order chi connectivity index (χ1) is 12.6. The van der Waals surface area contributed by atoms with Crippen LogP contribution in [0, 0.1) is 5.92 Å². The van der Waals surface area contributed by atoms with Gasteiger partial charge < -0.3 is 14.2 Å². The molecular formula is C22H32BNO3. The van der Waals surface area contributed by atoms with Crippen molar-refractivity contribution in [1.29, 1.82) is 0 Å². The van der Waals surface area contributed by atoms with E-state index in [1.165, 1.54) is 0 Å². The van der Waals surface area contributed by atoms with Crippen LogP contribution < -0.4 is 5.46 Å². The Morgan fingerprint density at radius 1 is 1.22 bits per heavy atom. The molecule has 4 nitrogen and oxygen atoms in total. The van der Waals surface area contributed by atoms with E-state index >= 15 is 0 Å². The van der Waals surface area contributed by atoms with E-state index in [1.807, 2.05) is 11.0 Å². The molecule has 1 amide bonds. The van der Waals surface area contributed by atoms with Crippen molar-refractivity contribution in [2.75, 3.05) is 6.54 Å². The molecule has 1 aromatic rings. The number of piperidine rings is 1. The monoisotopic (exact) mass is 369 g/mol. The van der Waals surface area contributed by atoms with E-state index < -0.39 is 0 Å². The summed E-state index contributed by atoms with van der Waals surface area (Å²) in [6.07, 6.45) is 4.53. The summed E-state index contributed by atoms with van der Waals surface area (Å²) in [5.41, 5.74) is 1.48. The second-order valence-electron chi connectivity index (χ2n) is 8.90. The summed E-state index contributed by atoms with van der Waals surface area (Å²) in [6.45, 7) is 15.0. The molecule has 0 aromatic heterocycles. The molecule has 2 fully saturated rings. The fourth-order valence-corrected chi connectivity index (χ4v) is 3.85. The summed E-state index contributed by atoms with van der Waals surface area (Å²) in [7, 11) is -0.351. The highest BCUT2D eigenvalue weighted by molar-refractivity contribution is 6.62. The van der Waals surface area contributed by atoms with Crippen LogP contribution in [-0.4, -0.2) is 35.7 Å². The Balaban J connectivity index is 1.67. The molecule has 0 bridgehead atoms. The fraction of sp³-hybridized carbons (Fsp3) is 0.591. The number of carbonyl (C=O) groups is 1. The summed E-state index contributed by atoms with van der Waals surface area (Å²) >= 11 is 0. The summed E-state index contributed by atoms with van der Waals surface area (Å²) in [4.78, 5) is 14.6. The van der Waals surface area contributed by atoms with Gasteiger partial charge in [-0.15, -0.1) is 6.58 Å². The number of benzene rings is 1. The van der Waals surface area contributed by atoms with Gasteiger partial charge in [0.15, 0.2) is 0 Å². The zero-order chi connectivity index (χ0) is 19.8. The number of hydrogen-bond acceptors (Lipinski definition) is 3. The number of hydrogen-bond donors (Lipinski definition) is 0. The van der Waals surface area contributed by atoms with Crippen LogP contribution in [0.4, 0.5) is 0 Å². The number of rotatable bonds is 5. The van der Waals surface area contributed by atoms with E-state index in [4.69, 9.17) is 9.31 Å².